The van der Waals surface area contributed by atoms with Crippen LogP contribution in [0, 0.1) is 0 Å². The molecule has 1 amide bonds. The van der Waals surface area contributed by atoms with E-state index in [0.717, 1.165) is 13.1 Å². The lowest BCUT2D eigenvalue weighted by Crippen LogP contribution is -2.41. The standard InChI is InChI=1S/C22H32N4O4S/c1-5-26(6-2)31(28,29)21-15-18(10-11-20(21)30-7-3)23-22(27)16-25-14-13-24-12-8-9-19(24)17(25)4/h8-12,15,17H,5-7,13-14,16H2,1-4H3,(H,23,27). The van der Waals surface area contributed by atoms with Crippen LogP contribution >= 0.6 is 0 Å². The first-order valence-corrected chi connectivity index (χ1v) is 12.2. The maximum Gasteiger partial charge on any atom is 0.246 e. The number of fused-ring (bicyclic) bond motifs is 1. The first-order valence-electron chi connectivity index (χ1n) is 10.8. The second-order valence-corrected chi connectivity index (χ2v) is 9.41. The highest BCUT2D eigenvalue weighted by molar-refractivity contribution is 7.89. The number of nitrogens with zero attached hydrogens (tertiary/aromatic N) is 3. The molecule has 1 aromatic carbocycles. The van der Waals surface area contributed by atoms with E-state index in [1.54, 1.807) is 32.9 Å². The van der Waals surface area contributed by atoms with Gasteiger partial charge in [0.15, 0.2) is 0 Å². The maximum absolute atomic E-state index is 13.1. The number of hydrogen-bond donors (Lipinski definition) is 1. The minimum absolute atomic E-state index is 0.0695. The van der Waals surface area contributed by atoms with Gasteiger partial charge >= 0.3 is 0 Å². The van der Waals surface area contributed by atoms with Gasteiger partial charge in [-0.1, -0.05) is 13.8 Å². The van der Waals surface area contributed by atoms with Crippen molar-refractivity contribution in [3.05, 3.63) is 42.2 Å². The fourth-order valence-corrected chi connectivity index (χ4v) is 5.61. The van der Waals surface area contributed by atoms with Gasteiger partial charge < -0.3 is 14.6 Å². The van der Waals surface area contributed by atoms with Crippen molar-refractivity contribution in [3.8, 4) is 5.75 Å². The molecule has 9 heteroatoms. The summed E-state index contributed by atoms with van der Waals surface area (Å²) in [6.45, 7) is 10.4. The van der Waals surface area contributed by atoms with Gasteiger partial charge in [-0.15, -0.1) is 0 Å². The van der Waals surface area contributed by atoms with Crippen LogP contribution in [0.3, 0.4) is 0 Å². The molecule has 31 heavy (non-hydrogen) atoms. The van der Waals surface area contributed by atoms with Crippen LogP contribution in [0.2, 0.25) is 0 Å². The van der Waals surface area contributed by atoms with E-state index < -0.39 is 10.0 Å². The first-order chi connectivity index (χ1) is 14.8. The molecule has 3 rings (SSSR count). The Bertz CT molecular complexity index is 1010. The lowest BCUT2D eigenvalue weighted by atomic mass is 10.1. The van der Waals surface area contributed by atoms with Crippen molar-refractivity contribution in [1.29, 1.82) is 0 Å². The van der Waals surface area contributed by atoms with E-state index in [9.17, 15) is 13.2 Å². The van der Waals surface area contributed by atoms with Gasteiger partial charge in [-0.05, 0) is 44.2 Å². The summed E-state index contributed by atoms with van der Waals surface area (Å²) in [5, 5.41) is 2.86. The highest BCUT2D eigenvalue weighted by Crippen LogP contribution is 2.30. The number of ether oxygens (including phenoxy) is 1. The zero-order valence-corrected chi connectivity index (χ0v) is 19.5. The number of hydrogen-bond acceptors (Lipinski definition) is 5. The topological polar surface area (TPSA) is 83.9 Å². The molecule has 0 aliphatic carbocycles. The van der Waals surface area contributed by atoms with E-state index in [4.69, 9.17) is 4.74 Å². The van der Waals surface area contributed by atoms with E-state index >= 15 is 0 Å². The molecule has 0 bridgehead atoms. The number of anilines is 1. The van der Waals surface area contributed by atoms with E-state index in [2.05, 4.69) is 34.0 Å². The third-order valence-corrected chi connectivity index (χ3v) is 7.74. The summed E-state index contributed by atoms with van der Waals surface area (Å²) in [4.78, 5) is 14.9. The predicted molar refractivity (Wildman–Crippen MR) is 121 cm³/mol. The molecule has 1 aliphatic heterocycles. The van der Waals surface area contributed by atoms with Crippen molar-refractivity contribution >= 4 is 21.6 Å². The predicted octanol–water partition coefficient (Wildman–Crippen LogP) is 2.93. The van der Waals surface area contributed by atoms with Gasteiger partial charge in [0.05, 0.1) is 13.2 Å². The summed E-state index contributed by atoms with van der Waals surface area (Å²) >= 11 is 0. The Hall–Kier alpha value is -2.36. The van der Waals surface area contributed by atoms with Gasteiger partial charge in [-0.3, -0.25) is 9.69 Å². The van der Waals surface area contributed by atoms with Crippen molar-refractivity contribution in [3.63, 3.8) is 0 Å². The highest BCUT2D eigenvalue weighted by atomic mass is 32.2. The number of amides is 1. The van der Waals surface area contributed by atoms with Crippen molar-refractivity contribution in [2.24, 2.45) is 0 Å². The fourth-order valence-electron chi connectivity index (χ4n) is 3.99. The zero-order valence-electron chi connectivity index (χ0n) is 18.7. The normalized spacial score (nSPS) is 16.9. The molecule has 2 heterocycles. The Labute approximate surface area is 184 Å². The summed E-state index contributed by atoms with van der Waals surface area (Å²) in [6.07, 6.45) is 2.06. The molecule has 0 radical (unpaired) electrons. The minimum Gasteiger partial charge on any atom is -0.492 e. The van der Waals surface area contributed by atoms with E-state index in [1.165, 1.54) is 16.1 Å². The molecular weight excluding hydrogens is 416 g/mol. The minimum atomic E-state index is -3.73. The average molecular weight is 449 g/mol. The molecule has 0 spiro atoms. The lowest BCUT2D eigenvalue weighted by Gasteiger charge is -2.34. The van der Waals surface area contributed by atoms with Gasteiger partial charge in [0.2, 0.25) is 15.9 Å². The van der Waals surface area contributed by atoms with Crippen molar-refractivity contribution in [1.82, 2.24) is 13.8 Å². The molecule has 1 aromatic heterocycles. The Morgan fingerprint density at radius 1 is 1.19 bits per heavy atom. The molecule has 8 nitrogen and oxygen atoms in total. The second-order valence-electron chi connectivity index (χ2n) is 7.50. The quantitative estimate of drug-likeness (QED) is 0.638. The van der Waals surface area contributed by atoms with Gasteiger partial charge in [-0.2, -0.15) is 4.31 Å². The largest absolute Gasteiger partial charge is 0.492 e. The Morgan fingerprint density at radius 2 is 1.94 bits per heavy atom. The number of benzene rings is 1. The number of carbonyl (C=O) groups excluding carboxylic acids is 1. The number of rotatable bonds is 9. The number of aromatic nitrogens is 1. The van der Waals surface area contributed by atoms with E-state index in [-0.39, 0.29) is 29.1 Å². The van der Waals surface area contributed by atoms with Crippen LogP contribution in [0.25, 0.3) is 0 Å². The summed E-state index contributed by atoms with van der Waals surface area (Å²) in [6, 6.07) is 8.99. The molecule has 2 aromatic rings. The molecule has 1 N–H and O–H groups in total. The molecule has 1 atom stereocenters. The van der Waals surface area contributed by atoms with Crippen LogP contribution < -0.4 is 10.1 Å². The summed E-state index contributed by atoms with van der Waals surface area (Å²) in [7, 11) is -3.73. The monoisotopic (exact) mass is 448 g/mol. The van der Waals surface area contributed by atoms with Gasteiger partial charge in [-0.25, -0.2) is 8.42 Å². The summed E-state index contributed by atoms with van der Waals surface area (Å²) in [5.41, 5.74) is 1.62. The summed E-state index contributed by atoms with van der Waals surface area (Å²) in [5.74, 6) is 0.111. The van der Waals surface area contributed by atoms with Crippen LogP contribution in [-0.2, 0) is 21.4 Å². The van der Waals surface area contributed by atoms with Crippen molar-refractivity contribution in [2.45, 2.75) is 45.2 Å². The first kappa shape index (κ1) is 23.3. The van der Waals surface area contributed by atoms with Crippen LogP contribution in [0.1, 0.15) is 39.4 Å². The molecule has 0 saturated heterocycles. The molecule has 170 valence electrons. The summed E-state index contributed by atoms with van der Waals surface area (Å²) < 4.78 is 35.3. The molecule has 0 fully saturated rings. The van der Waals surface area contributed by atoms with E-state index in [0.29, 0.717) is 25.4 Å². The van der Waals surface area contributed by atoms with Crippen molar-refractivity contribution < 1.29 is 17.9 Å². The molecule has 0 saturated carbocycles. The van der Waals surface area contributed by atoms with Gasteiger partial charge in [0.25, 0.3) is 0 Å². The van der Waals surface area contributed by atoms with Crippen LogP contribution in [0.15, 0.2) is 41.4 Å². The van der Waals surface area contributed by atoms with Crippen molar-refractivity contribution in [2.75, 3.05) is 38.1 Å². The van der Waals surface area contributed by atoms with Crippen LogP contribution in [0.4, 0.5) is 5.69 Å². The number of nitrogens with one attached hydrogen (secondary N) is 1. The van der Waals surface area contributed by atoms with Gasteiger partial charge in [0, 0.05) is 49.8 Å². The van der Waals surface area contributed by atoms with Gasteiger partial charge in [0.1, 0.15) is 10.6 Å². The average Bonchev–Trinajstić information content (AvgIpc) is 3.22. The Morgan fingerprint density at radius 3 is 2.61 bits per heavy atom. The van der Waals surface area contributed by atoms with Crippen LogP contribution in [-0.4, -0.2) is 60.9 Å². The van der Waals surface area contributed by atoms with Crippen LogP contribution in [0.5, 0.6) is 5.75 Å². The third-order valence-electron chi connectivity index (χ3n) is 5.67. The SMILES string of the molecule is CCOc1ccc(NC(=O)CN2CCn3cccc3C2C)cc1S(=O)(=O)N(CC)CC. The highest BCUT2D eigenvalue weighted by Gasteiger charge is 2.27. The Balaban J connectivity index is 1.78. The lowest BCUT2D eigenvalue weighted by molar-refractivity contribution is -0.118. The number of carbonyl (C=O) groups is 1. The molecule has 1 aliphatic rings. The molecule has 1 unspecified atom stereocenters. The second kappa shape index (κ2) is 9.84. The number of sulfonamides is 1. The smallest absolute Gasteiger partial charge is 0.246 e. The zero-order chi connectivity index (χ0) is 22.6. The Kier molecular flexibility index (Phi) is 7.40. The maximum atomic E-state index is 13.1. The third kappa shape index (κ3) is 4.94. The van der Waals surface area contributed by atoms with E-state index in [1.807, 2.05) is 6.07 Å². The molecular formula is C22H32N4O4S. The fraction of sp³-hybridized carbons (Fsp3) is 0.500.